The van der Waals surface area contributed by atoms with Gasteiger partial charge in [-0.05, 0) is 44.4 Å². The number of amides is 1. The van der Waals surface area contributed by atoms with Gasteiger partial charge in [-0.25, -0.2) is 15.0 Å². The van der Waals surface area contributed by atoms with E-state index >= 15 is 0 Å². The molecule has 9 heteroatoms. The maximum atomic E-state index is 13.4. The summed E-state index contributed by atoms with van der Waals surface area (Å²) < 4.78 is 0. The first-order chi connectivity index (χ1) is 16.0. The molecule has 174 valence electrons. The smallest absolute Gasteiger partial charge is 0.259 e. The van der Waals surface area contributed by atoms with Crippen LogP contribution in [0.1, 0.15) is 39.5 Å². The number of ketones is 1. The van der Waals surface area contributed by atoms with Crippen LogP contribution >= 0.6 is 0 Å². The third-order valence-corrected chi connectivity index (χ3v) is 7.10. The van der Waals surface area contributed by atoms with E-state index < -0.39 is 0 Å². The highest BCUT2D eigenvalue weighted by Crippen LogP contribution is 2.37. The molecule has 2 fully saturated rings. The fourth-order valence-corrected chi connectivity index (χ4v) is 5.36. The number of hydrogen-bond donors (Lipinski definition) is 2. The zero-order chi connectivity index (χ0) is 22.9. The summed E-state index contributed by atoms with van der Waals surface area (Å²) in [7, 11) is 0. The van der Waals surface area contributed by atoms with Crippen molar-refractivity contribution in [3.63, 3.8) is 0 Å². The second kappa shape index (κ2) is 9.05. The summed E-state index contributed by atoms with van der Waals surface area (Å²) in [5.74, 6) is 0.540. The van der Waals surface area contributed by atoms with E-state index in [0.29, 0.717) is 17.4 Å². The van der Waals surface area contributed by atoms with E-state index in [1.807, 2.05) is 30.3 Å². The molecule has 0 spiro atoms. The Balaban J connectivity index is 1.38. The number of fused-ring (bicyclic) bond motifs is 1. The second-order valence-electron chi connectivity index (χ2n) is 9.20. The zero-order valence-corrected chi connectivity index (χ0v) is 19.3. The predicted octanol–water partition coefficient (Wildman–Crippen LogP) is 1.98. The molecule has 2 N–H and O–H groups in total. The van der Waals surface area contributed by atoms with Crippen molar-refractivity contribution in [2.45, 2.75) is 51.7 Å². The van der Waals surface area contributed by atoms with Crippen LogP contribution in [0.5, 0.6) is 0 Å². The lowest BCUT2D eigenvalue weighted by molar-refractivity contribution is -0.135. The monoisotopic (exact) mass is 449 g/mol. The Morgan fingerprint density at radius 1 is 1.18 bits per heavy atom. The molecule has 5 rings (SSSR count). The standard InChI is InChI=1S/C24H31N7O2/c1-15-19-14-27-24(28-20-8-7-18(13-26-20)30-11-9-25-10-12-30)29-22(19)31(17-5-3-4-6-17)23(33)21(15)16(2)32/h7-8,13-14,17,19,22,25H,3-6,9-12H2,1-2H3,(H,26,28,29). The molecular weight excluding hydrogens is 418 g/mol. The van der Waals surface area contributed by atoms with Gasteiger partial charge in [-0.15, -0.1) is 0 Å². The van der Waals surface area contributed by atoms with Crippen LogP contribution in [0.4, 0.5) is 11.5 Å². The molecule has 4 aliphatic rings. The number of anilines is 2. The maximum absolute atomic E-state index is 13.4. The maximum Gasteiger partial charge on any atom is 0.259 e. The van der Waals surface area contributed by atoms with E-state index in [0.717, 1.165) is 63.1 Å². The zero-order valence-electron chi connectivity index (χ0n) is 19.3. The van der Waals surface area contributed by atoms with Crippen molar-refractivity contribution in [2.75, 3.05) is 36.4 Å². The Bertz CT molecular complexity index is 1020. The number of nitrogens with zero attached hydrogens (tertiary/aromatic N) is 5. The number of aliphatic imine (C=N–C) groups is 2. The van der Waals surface area contributed by atoms with Gasteiger partial charge in [-0.3, -0.25) is 9.59 Å². The summed E-state index contributed by atoms with van der Waals surface area (Å²) in [6, 6.07) is 4.10. The lowest BCUT2D eigenvalue weighted by Crippen LogP contribution is -2.55. The van der Waals surface area contributed by atoms with Crippen molar-refractivity contribution >= 4 is 35.4 Å². The van der Waals surface area contributed by atoms with E-state index in [1.165, 1.54) is 6.92 Å². The highest BCUT2D eigenvalue weighted by atomic mass is 16.2. The van der Waals surface area contributed by atoms with Gasteiger partial charge in [0, 0.05) is 38.4 Å². The highest BCUT2D eigenvalue weighted by Gasteiger charge is 2.45. The molecule has 1 amide bonds. The molecule has 1 aromatic heterocycles. The number of nitrogens with one attached hydrogen (secondary N) is 2. The average Bonchev–Trinajstić information content (AvgIpc) is 3.34. The third-order valence-electron chi connectivity index (χ3n) is 7.10. The number of rotatable bonds is 4. The Kier molecular flexibility index (Phi) is 5.97. The Labute approximate surface area is 194 Å². The number of guanidine groups is 1. The van der Waals surface area contributed by atoms with Gasteiger partial charge >= 0.3 is 0 Å². The molecule has 1 aromatic rings. The van der Waals surface area contributed by atoms with Crippen LogP contribution in [0.3, 0.4) is 0 Å². The molecule has 2 unspecified atom stereocenters. The molecule has 1 saturated carbocycles. The minimum Gasteiger partial charge on any atom is -0.368 e. The number of aromatic nitrogens is 1. The topological polar surface area (TPSA) is 102 Å². The van der Waals surface area contributed by atoms with Crippen molar-refractivity contribution < 1.29 is 9.59 Å². The number of carbonyl (C=O) groups is 2. The summed E-state index contributed by atoms with van der Waals surface area (Å²) in [4.78, 5) is 43.7. The molecule has 0 radical (unpaired) electrons. The van der Waals surface area contributed by atoms with Crippen molar-refractivity contribution in [3.05, 3.63) is 29.5 Å². The first-order valence-electron chi connectivity index (χ1n) is 11.9. The minimum absolute atomic E-state index is 0.111. The van der Waals surface area contributed by atoms with Crippen LogP contribution < -0.4 is 15.5 Å². The van der Waals surface area contributed by atoms with Crippen LogP contribution in [-0.4, -0.2) is 72.1 Å². The molecule has 1 saturated heterocycles. The van der Waals surface area contributed by atoms with Gasteiger partial charge in [0.1, 0.15) is 12.0 Å². The van der Waals surface area contributed by atoms with Gasteiger partial charge in [0.25, 0.3) is 5.91 Å². The summed E-state index contributed by atoms with van der Waals surface area (Å²) in [5, 5.41) is 6.56. The Hall–Kier alpha value is -3.07. The summed E-state index contributed by atoms with van der Waals surface area (Å²) in [6.45, 7) is 7.21. The van der Waals surface area contributed by atoms with Crippen molar-refractivity contribution in [1.29, 1.82) is 0 Å². The van der Waals surface area contributed by atoms with E-state index in [2.05, 4.69) is 31.6 Å². The Morgan fingerprint density at radius 2 is 1.94 bits per heavy atom. The van der Waals surface area contributed by atoms with Gasteiger partial charge in [0.15, 0.2) is 5.78 Å². The molecule has 9 nitrogen and oxygen atoms in total. The number of hydrogen-bond acceptors (Lipinski definition) is 8. The molecule has 4 heterocycles. The second-order valence-corrected chi connectivity index (χ2v) is 9.20. The van der Waals surface area contributed by atoms with E-state index in [9.17, 15) is 9.59 Å². The fraction of sp³-hybridized carbons (Fsp3) is 0.542. The third kappa shape index (κ3) is 4.17. The first-order valence-corrected chi connectivity index (χ1v) is 11.9. The number of carbonyl (C=O) groups excluding carboxylic acids is 2. The number of piperazine rings is 1. The first kappa shape index (κ1) is 21.8. The van der Waals surface area contributed by atoms with E-state index in [4.69, 9.17) is 4.99 Å². The van der Waals surface area contributed by atoms with Crippen LogP contribution in [0.15, 0.2) is 39.5 Å². The van der Waals surface area contributed by atoms with Gasteiger partial charge in [-0.1, -0.05) is 12.8 Å². The molecule has 1 aliphatic carbocycles. The molecule has 0 bridgehead atoms. The van der Waals surface area contributed by atoms with E-state index in [1.54, 1.807) is 0 Å². The van der Waals surface area contributed by atoms with Gasteiger partial charge in [-0.2, -0.15) is 0 Å². The van der Waals surface area contributed by atoms with Crippen LogP contribution in [0.25, 0.3) is 0 Å². The van der Waals surface area contributed by atoms with Crippen molar-refractivity contribution in [3.8, 4) is 0 Å². The summed E-state index contributed by atoms with van der Waals surface area (Å²) in [5.41, 5.74) is 2.15. The van der Waals surface area contributed by atoms with E-state index in [-0.39, 0.29) is 29.8 Å². The lowest BCUT2D eigenvalue weighted by Gasteiger charge is -2.43. The number of pyridine rings is 1. The quantitative estimate of drug-likeness (QED) is 0.682. The highest BCUT2D eigenvalue weighted by molar-refractivity contribution is 6.20. The van der Waals surface area contributed by atoms with Crippen molar-refractivity contribution in [2.24, 2.45) is 15.9 Å². The lowest BCUT2D eigenvalue weighted by atomic mass is 9.85. The molecule has 0 aromatic carbocycles. The van der Waals surface area contributed by atoms with Gasteiger partial charge < -0.3 is 20.4 Å². The Morgan fingerprint density at radius 3 is 2.61 bits per heavy atom. The van der Waals surface area contributed by atoms with Crippen LogP contribution in [-0.2, 0) is 9.59 Å². The van der Waals surface area contributed by atoms with Crippen molar-refractivity contribution in [1.82, 2.24) is 15.2 Å². The largest absolute Gasteiger partial charge is 0.368 e. The fourth-order valence-electron chi connectivity index (χ4n) is 5.36. The SMILES string of the molecule is CC(=O)C1=C(C)C2C=NC(Nc3ccc(N4CCNCC4)cn3)=NC2N(C2CCCC2)C1=O. The summed E-state index contributed by atoms with van der Waals surface area (Å²) in [6.07, 6.45) is 7.38. The minimum atomic E-state index is -0.385. The number of Topliss-reactive ketones (excluding diaryl/α,β-unsaturated/α-hetero) is 1. The average molecular weight is 450 g/mol. The molecule has 33 heavy (non-hydrogen) atoms. The normalized spacial score (nSPS) is 25.9. The predicted molar refractivity (Wildman–Crippen MR) is 129 cm³/mol. The summed E-state index contributed by atoms with van der Waals surface area (Å²) >= 11 is 0. The molecular formula is C24H31N7O2. The molecule has 3 aliphatic heterocycles. The van der Waals surface area contributed by atoms with Crippen LogP contribution in [0, 0.1) is 5.92 Å². The van der Waals surface area contributed by atoms with Gasteiger partial charge in [0.05, 0.1) is 23.4 Å². The van der Waals surface area contributed by atoms with Crippen LogP contribution in [0.2, 0.25) is 0 Å². The van der Waals surface area contributed by atoms with Gasteiger partial charge in [0.2, 0.25) is 5.96 Å². The molecule has 2 atom stereocenters.